The van der Waals surface area contributed by atoms with Crippen molar-refractivity contribution in [3.63, 3.8) is 0 Å². The number of hydrogen-bond donors (Lipinski definition) is 0. The van der Waals surface area contributed by atoms with E-state index < -0.39 is 0 Å². The van der Waals surface area contributed by atoms with E-state index in [1.54, 1.807) is 0 Å². The zero-order valence-corrected chi connectivity index (χ0v) is 12.3. The van der Waals surface area contributed by atoms with E-state index in [9.17, 15) is 4.79 Å². The van der Waals surface area contributed by atoms with Crippen LogP contribution < -0.4 is 0 Å². The second-order valence-electron chi connectivity index (χ2n) is 5.65. The van der Waals surface area contributed by atoms with Crippen molar-refractivity contribution in [2.75, 3.05) is 0 Å². The topological polar surface area (TPSA) is 75.1 Å². The molecule has 0 amide bonds. The molecule has 2 rings (SSSR count). The van der Waals surface area contributed by atoms with E-state index in [0.717, 1.165) is 31.2 Å². The average molecular weight is 287 g/mol. The summed E-state index contributed by atoms with van der Waals surface area (Å²) in [7, 11) is 0. The first-order valence-electron chi connectivity index (χ1n) is 7.45. The van der Waals surface area contributed by atoms with Crippen molar-refractivity contribution in [2.24, 2.45) is 17.0 Å². The molecule has 112 valence electrons. The van der Waals surface area contributed by atoms with E-state index in [0.29, 0.717) is 12.5 Å². The second kappa shape index (κ2) is 7.70. The summed E-state index contributed by atoms with van der Waals surface area (Å²) in [4.78, 5) is 14.9. The van der Waals surface area contributed by atoms with Crippen LogP contribution in [0.3, 0.4) is 0 Å². The fourth-order valence-electron chi connectivity index (χ4n) is 2.86. The van der Waals surface area contributed by atoms with Crippen molar-refractivity contribution in [1.82, 2.24) is 0 Å². The quantitative estimate of drug-likeness (QED) is 0.351. The summed E-state index contributed by atoms with van der Waals surface area (Å²) in [6.45, 7) is 2.28. The molecule has 1 aromatic carbocycles. The molecule has 1 fully saturated rings. The largest absolute Gasteiger partial charge is 0.461 e. The van der Waals surface area contributed by atoms with Crippen LogP contribution in [0.15, 0.2) is 35.4 Å². The highest BCUT2D eigenvalue weighted by atomic mass is 16.5. The van der Waals surface area contributed by atoms with Crippen molar-refractivity contribution < 1.29 is 9.53 Å². The Morgan fingerprint density at radius 3 is 2.62 bits per heavy atom. The van der Waals surface area contributed by atoms with Gasteiger partial charge >= 0.3 is 5.97 Å². The lowest BCUT2D eigenvalue weighted by molar-refractivity contribution is -0.151. The Hall–Kier alpha value is -2.00. The molecule has 5 heteroatoms. The number of carbonyl (C=O) groups excluding carboxylic acids is 1. The van der Waals surface area contributed by atoms with Crippen molar-refractivity contribution in [3.8, 4) is 0 Å². The molecule has 0 aliphatic heterocycles. The second-order valence-corrected chi connectivity index (χ2v) is 5.65. The lowest BCUT2D eigenvalue weighted by atomic mass is 9.79. The molecule has 0 bridgehead atoms. The Kier molecular flexibility index (Phi) is 5.64. The number of azide groups is 1. The number of esters is 1. The predicted octanol–water partition coefficient (Wildman–Crippen LogP) is 4.24. The molecule has 1 atom stereocenters. The number of rotatable bonds is 5. The third-order valence-electron chi connectivity index (χ3n) is 4.25. The van der Waals surface area contributed by atoms with Crippen LogP contribution in [0.1, 0.15) is 38.2 Å². The Labute approximate surface area is 124 Å². The highest BCUT2D eigenvalue weighted by Crippen LogP contribution is 2.32. The predicted molar refractivity (Wildman–Crippen MR) is 80.3 cm³/mol. The zero-order chi connectivity index (χ0) is 15.1. The summed E-state index contributed by atoms with van der Waals surface area (Å²) >= 11 is 0. The maximum absolute atomic E-state index is 12.1. The Balaban J connectivity index is 1.76. The van der Waals surface area contributed by atoms with Crippen LogP contribution in [0.4, 0.5) is 0 Å². The van der Waals surface area contributed by atoms with Gasteiger partial charge < -0.3 is 4.74 Å². The van der Waals surface area contributed by atoms with Crippen molar-refractivity contribution in [2.45, 2.75) is 45.3 Å². The van der Waals surface area contributed by atoms with E-state index in [2.05, 4.69) is 10.0 Å². The monoisotopic (exact) mass is 287 g/mol. The molecule has 1 aromatic rings. The molecular formula is C16H21N3O2. The van der Waals surface area contributed by atoms with Crippen molar-refractivity contribution in [3.05, 3.63) is 46.3 Å². The van der Waals surface area contributed by atoms with Gasteiger partial charge in [0.2, 0.25) is 0 Å². The first kappa shape index (κ1) is 15.4. The molecule has 1 saturated carbocycles. The van der Waals surface area contributed by atoms with Gasteiger partial charge in [-0.25, -0.2) is 0 Å². The standard InChI is InChI=1S/C16H21N3O2/c1-12(18-19-17)14-7-9-15(10-8-14)16(20)21-11-13-5-3-2-4-6-13/h2-6,12,14-15H,7-11H2,1H3/t12?,14-,15-. The number of carbonyl (C=O) groups is 1. The maximum Gasteiger partial charge on any atom is 0.309 e. The normalized spacial score (nSPS) is 22.9. The fraction of sp³-hybridized carbons (Fsp3) is 0.562. The van der Waals surface area contributed by atoms with Gasteiger partial charge in [-0.1, -0.05) is 42.4 Å². The Morgan fingerprint density at radius 1 is 1.33 bits per heavy atom. The van der Waals surface area contributed by atoms with Crippen LogP contribution in [-0.2, 0) is 16.1 Å². The minimum absolute atomic E-state index is 0.0105. The van der Waals surface area contributed by atoms with Crippen LogP contribution in [0.2, 0.25) is 0 Å². The van der Waals surface area contributed by atoms with Gasteiger partial charge in [-0.3, -0.25) is 4.79 Å². The minimum atomic E-state index is -0.103. The van der Waals surface area contributed by atoms with Gasteiger partial charge in [0, 0.05) is 11.0 Å². The molecule has 1 aliphatic carbocycles. The molecule has 0 heterocycles. The van der Waals surface area contributed by atoms with Gasteiger partial charge in [-0.2, -0.15) is 0 Å². The molecule has 0 N–H and O–H groups in total. The number of hydrogen-bond acceptors (Lipinski definition) is 3. The van der Waals surface area contributed by atoms with Crippen LogP contribution in [0.5, 0.6) is 0 Å². The summed E-state index contributed by atoms with van der Waals surface area (Å²) < 4.78 is 5.39. The van der Waals surface area contributed by atoms with Crippen molar-refractivity contribution in [1.29, 1.82) is 0 Å². The van der Waals surface area contributed by atoms with Gasteiger partial charge in [0.25, 0.3) is 0 Å². The highest BCUT2D eigenvalue weighted by Gasteiger charge is 2.29. The number of benzene rings is 1. The molecule has 0 aromatic heterocycles. The molecule has 1 unspecified atom stereocenters. The molecule has 1 aliphatic rings. The summed E-state index contributed by atoms with van der Waals surface area (Å²) in [5.41, 5.74) is 9.48. The highest BCUT2D eigenvalue weighted by molar-refractivity contribution is 5.72. The summed E-state index contributed by atoms with van der Waals surface area (Å²) in [6, 6.07) is 9.72. The lowest BCUT2D eigenvalue weighted by Gasteiger charge is -2.29. The molecule has 0 spiro atoms. The third kappa shape index (κ3) is 4.50. The SMILES string of the molecule is CC(N=[N+]=[N-])[C@H]1CC[C@H](C(=O)OCc2ccccc2)CC1. The Morgan fingerprint density at radius 2 is 2.00 bits per heavy atom. The molecule has 0 radical (unpaired) electrons. The van der Waals surface area contributed by atoms with Crippen LogP contribution in [0, 0.1) is 11.8 Å². The first-order chi connectivity index (χ1) is 10.2. The van der Waals surface area contributed by atoms with Crippen LogP contribution in [0.25, 0.3) is 10.4 Å². The van der Waals surface area contributed by atoms with Crippen molar-refractivity contribution >= 4 is 5.97 Å². The molecule has 0 saturated heterocycles. The van der Waals surface area contributed by atoms with E-state index in [-0.39, 0.29) is 17.9 Å². The van der Waals surface area contributed by atoms with Gasteiger partial charge in [-0.05, 0) is 42.7 Å². The summed E-state index contributed by atoms with van der Waals surface area (Å²) in [5, 5.41) is 3.76. The Bertz CT molecular complexity index is 504. The lowest BCUT2D eigenvalue weighted by Crippen LogP contribution is -2.27. The fourth-order valence-corrected chi connectivity index (χ4v) is 2.86. The third-order valence-corrected chi connectivity index (χ3v) is 4.25. The molecule has 5 nitrogen and oxygen atoms in total. The van der Waals surface area contributed by atoms with E-state index in [1.807, 2.05) is 37.3 Å². The molecular weight excluding hydrogens is 266 g/mol. The number of nitrogens with zero attached hydrogens (tertiary/aromatic N) is 3. The van der Waals surface area contributed by atoms with E-state index in [1.165, 1.54) is 0 Å². The number of ether oxygens (including phenoxy) is 1. The van der Waals surface area contributed by atoms with Gasteiger partial charge in [-0.15, -0.1) is 0 Å². The summed E-state index contributed by atoms with van der Waals surface area (Å²) in [5.74, 6) is 0.274. The average Bonchev–Trinajstić information content (AvgIpc) is 2.54. The maximum atomic E-state index is 12.1. The molecule has 21 heavy (non-hydrogen) atoms. The van der Waals surface area contributed by atoms with Gasteiger partial charge in [0.1, 0.15) is 6.61 Å². The van der Waals surface area contributed by atoms with E-state index in [4.69, 9.17) is 10.3 Å². The first-order valence-corrected chi connectivity index (χ1v) is 7.45. The van der Waals surface area contributed by atoms with Crippen LogP contribution in [-0.4, -0.2) is 12.0 Å². The minimum Gasteiger partial charge on any atom is -0.461 e. The van der Waals surface area contributed by atoms with Gasteiger partial charge in [0.15, 0.2) is 0 Å². The van der Waals surface area contributed by atoms with Crippen LogP contribution >= 0.6 is 0 Å². The van der Waals surface area contributed by atoms with E-state index >= 15 is 0 Å². The van der Waals surface area contributed by atoms with Gasteiger partial charge in [0.05, 0.1) is 5.92 Å². The summed E-state index contributed by atoms with van der Waals surface area (Å²) in [6.07, 6.45) is 3.49. The zero-order valence-electron chi connectivity index (χ0n) is 12.3. The smallest absolute Gasteiger partial charge is 0.309 e.